The number of rotatable bonds is 4. The number of carbonyl (C=O) groups is 1. The van der Waals surface area contributed by atoms with Crippen molar-refractivity contribution < 1.29 is 9.90 Å². The quantitative estimate of drug-likeness (QED) is 0.549. The van der Waals surface area contributed by atoms with Gasteiger partial charge in [-0.2, -0.15) is 0 Å². The number of allylic oxidation sites excluding steroid dienone is 2. The van der Waals surface area contributed by atoms with E-state index in [1.165, 1.54) is 0 Å². The third kappa shape index (κ3) is 1.79. The fourth-order valence-electron chi connectivity index (χ4n) is 2.25. The van der Waals surface area contributed by atoms with Gasteiger partial charge in [-0.1, -0.05) is 18.7 Å². The maximum atomic E-state index is 10.8. The number of carboxylic acids is 1. The minimum atomic E-state index is -0.907. The molecule has 1 N–H and O–H groups in total. The van der Waals surface area contributed by atoms with Crippen molar-refractivity contribution >= 4 is 5.97 Å². The van der Waals surface area contributed by atoms with Gasteiger partial charge in [0, 0.05) is 11.5 Å². The van der Waals surface area contributed by atoms with Crippen molar-refractivity contribution in [3.05, 3.63) is 37.5 Å². The highest BCUT2D eigenvalue weighted by Crippen LogP contribution is 2.42. The first-order chi connectivity index (χ1) is 6.61. The summed E-state index contributed by atoms with van der Waals surface area (Å²) in [5.74, 6) is -0.443. The smallest absolute Gasteiger partial charge is 0.331 e. The highest BCUT2D eigenvalue weighted by molar-refractivity contribution is 5.86. The second-order valence-corrected chi connectivity index (χ2v) is 3.73. The zero-order valence-electron chi connectivity index (χ0n) is 8.28. The molecule has 0 spiro atoms. The molecular weight excluding hydrogens is 176 g/mol. The summed E-state index contributed by atoms with van der Waals surface area (Å²) in [6, 6.07) is 0. The van der Waals surface area contributed by atoms with Crippen LogP contribution in [0.1, 0.15) is 12.8 Å². The normalized spacial score (nSPS) is 27.1. The van der Waals surface area contributed by atoms with Crippen LogP contribution in [0.4, 0.5) is 0 Å². The first kappa shape index (κ1) is 10.8. The van der Waals surface area contributed by atoms with Crippen molar-refractivity contribution in [3.63, 3.8) is 0 Å². The zero-order chi connectivity index (χ0) is 10.7. The Morgan fingerprint density at radius 3 is 1.93 bits per heavy atom. The third-order valence-corrected chi connectivity index (χ3v) is 3.04. The number of aliphatic carboxylic acids is 1. The van der Waals surface area contributed by atoms with Crippen LogP contribution in [0.5, 0.6) is 0 Å². The van der Waals surface area contributed by atoms with Gasteiger partial charge in [0.25, 0.3) is 0 Å². The van der Waals surface area contributed by atoms with Crippen LogP contribution in [-0.2, 0) is 4.79 Å². The summed E-state index contributed by atoms with van der Waals surface area (Å²) in [6.07, 6.45) is 5.64. The van der Waals surface area contributed by atoms with Crippen LogP contribution in [0.2, 0.25) is 0 Å². The lowest BCUT2D eigenvalue weighted by Gasteiger charge is -2.20. The zero-order valence-corrected chi connectivity index (χ0v) is 8.28. The predicted octanol–water partition coefficient (Wildman–Crippen LogP) is 2.64. The minimum absolute atomic E-state index is 0.0116. The van der Waals surface area contributed by atoms with Crippen LogP contribution in [0, 0.1) is 17.8 Å². The second-order valence-electron chi connectivity index (χ2n) is 3.73. The Kier molecular flexibility index (Phi) is 3.28. The van der Waals surface area contributed by atoms with Crippen LogP contribution < -0.4 is 0 Å². The van der Waals surface area contributed by atoms with E-state index in [0.29, 0.717) is 0 Å². The van der Waals surface area contributed by atoms with Gasteiger partial charge in [0.15, 0.2) is 0 Å². The van der Waals surface area contributed by atoms with E-state index in [1.54, 1.807) is 0 Å². The molecule has 0 radical (unpaired) electrons. The van der Waals surface area contributed by atoms with Crippen molar-refractivity contribution in [1.82, 2.24) is 0 Å². The third-order valence-electron chi connectivity index (χ3n) is 3.04. The standard InChI is InChI=1S/C12H16O2/c1-4-9-6-7-10(5-2)11(9)8(3)12(13)14/h4-5,9-11H,1-3,6-7H2,(H,13,14)/t9-,10-/m0/s1. The van der Waals surface area contributed by atoms with E-state index in [4.69, 9.17) is 5.11 Å². The summed E-state index contributed by atoms with van der Waals surface area (Å²) < 4.78 is 0. The lowest BCUT2D eigenvalue weighted by molar-refractivity contribution is -0.133. The van der Waals surface area contributed by atoms with Crippen LogP contribution in [-0.4, -0.2) is 11.1 Å². The fourth-order valence-corrected chi connectivity index (χ4v) is 2.25. The summed E-state index contributed by atoms with van der Waals surface area (Å²) >= 11 is 0. The Balaban J connectivity index is 2.88. The van der Waals surface area contributed by atoms with E-state index in [2.05, 4.69) is 19.7 Å². The molecule has 1 saturated carbocycles. The molecule has 0 heterocycles. The van der Waals surface area contributed by atoms with Crippen molar-refractivity contribution in [1.29, 1.82) is 0 Å². The van der Waals surface area contributed by atoms with E-state index in [-0.39, 0.29) is 23.3 Å². The molecule has 2 nitrogen and oxygen atoms in total. The average molecular weight is 192 g/mol. The molecule has 1 fully saturated rings. The molecule has 1 rings (SSSR count). The van der Waals surface area contributed by atoms with Gasteiger partial charge in [0.2, 0.25) is 0 Å². The first-order valence-electron chi connectivity index (χ1n) is 4.79. The molecule has 0 unspecified atom stereocenters. The summed E-state index contributed by atoms with van der Waals surface area (Å²) in [6.45, 7) is 11.1. The molecule has 0 aromatic rings. The SMILES string of the molecule is C=C[C@H]1CC[C@H](C=C)C1C(=C)C(=O)O. The second kappa shape index (κ2) is 4.27. The van der Waals surface area contributed by atoms with Gasteiger partial charge in [-0.05, 0) is 24.7 Å². The molecule has 0 amide bonds. The largest absolute Gasteiger partial charge is 0.478 e. The molecule has 2 atom stereocenters. The van der Waals surface area contributed by atoms with Gasteiger partial charge in [0.05, 0.1) is 0 Å². The van der Waals surface area contributed by atoms with E-state index in [9.17, 15) is 4.79 Å². The summed E-state index contributed by atoms with van der Waals surface area (Å²) in [5, 5.41) is 8.90. The number of hydrogen-bond donors (Lipinski definition) is 1. The van der Waals surface area contributed by atoms with Crippen LogP contribution >= 0.6 is 0 Å². The van der Waals surface area contributed by atoms with Crippen molar-refractivity contribution in [3.8, 4) is 0 Å². The van der Waals surface area contributed by atoms with Gasteiger partial charge in [-0.3, -0.25) is 0 Å². The van der Waals surface area contributed by atoms with E-state index in [0.717, 1.165) is 12.8 Å². The van der Waals surface area contributed by atoms with E-state index in [1.807, 2.05) is 12.2 Å². The Morgan fingerprint density at radius 1 is 1.21 bits per heavy atom. The maximum absolute atomic E-state index is 10.8. The Bertz CT molecular complexity index is 262. The Hall–Kier alpha value is -1.31. The van der Waals surface area contributed by atoms with Crippen molar-refractivity contribution in [2.45, 2.75) is 12.8 Å². The van der Waals surface area contributed by atoms with Gasteiger partial charge < -0.3 is 5.11 Å². The molecule has 1 aliphatic carbocycles. The van der Waals surface area contributed by atoms with Crippen LogP contribution in [0.3, 0.4) is 0 Å². The van der Waals surface area contributed by atoms with Crippen molar-refractivity contribution in [2.24, 2.45) is 17.8 Å². The Morgan fingerprint density at radius 2 is 1.64 bits per heavy atom. The minimum Gasteiger partial charge on any atom is -0.478 e. The fraction of sp³-hybridized carbons (Fsp3) is 0.417. The molecule has 0 bridgehead atoms. The maximum Gasteiger partial charge on any atom is 0.331 e. The summed E-state index contributed by atoms with van der Waals surface area (Å²) in [4.78, 5) is 10.8. The molecule has 2 heteroatoms. The molecule has 0 aromatic carbocycles. The van der Waals surface area contributed by atoms with E-state index >= 15 is 0 Å². The average Bonchev–Trinajstić information content (AvgIpc) is 2.58. The van der Waals surface area contributed by atoms with Crippen LogP contribution in [0.25, 0.3) is 0 Å². The lowest BCUT2D eigenvalue weighted by Crippen LogP contribution is -2.19. The molecular formula is C12H16O2. The van der Waals surface area contributed by atoms with Gasteiger partial charge in [-0.15, -0.1) is 13.2 Å². The summed E-state index contributed by atoms with van der Waals surface area (Å²) in [5.41, 5.74) is 0.289. The van der Waals surface area contributed by atoms with Gasteiger partial charge in [0.1, 0.15) is 0 Å². The lowest BCUT2D eigenvalue weighted by atomic mass is 9.83. The molecule has 14 heavy (non-hydrogen) atoms. The molecule has 1 aliphatic rings. The first-order valence-corrected chi connectivity index (χ1v) is 4.79. The monoisotopic (exact) mass is 192 g/mol. The summed E-state index contributed by atoms with van der Waals surface area (Å²) in [7, 11) is 0. The van der Waals surface area contributed by atoms with Gasteiger partial charge in [-0.25, -0.2) is 4.79 Å². The Labute approximate surface area is 84.6 Å². The topological polar surface area (TPSA) is 37.3 Å². The molecule has 76 valence electrons. The van der Waals surface area contributed by atoms with E-state index < -0.39 is 5.97 Å². The highest BCUT2D eigenvalue weighted by atomic mass is 16.4. The van der Waals surface area contributed by atoms with Crippen molar-refractivity contribution in [2.75, 3.05) is 0 Å². The number of hydrogen-bond acceptors (Lipinski definition) is 1. The molecule has 0 aromatic heterocycles. The number of carboxylic acid groups (broad SMARTS) is 1. The predicted molar refractivity (Wildman–Crippen MR) is 56.9 cm³/mol. The van der Waals surface area contributed by atoms with Crippen LogP contribution in [0.15, 0.2) is 37.5 Å². The van der Waals surface area contributed by atoms with Gasteiger partial charge >= 0.3 is 5.97 Å². The molecule has 0 saturated heterocycles. The molecule has 0 aliphatic heterocycles. The highest BCUT2D eigenvalue weighted by Gasteiger charge is 2.36.